The Morgan fingerprint density at radius 1 is 1.27 bits per heavy atom. The summed E-state index contributed by atoms with van der Waals surface area (Å²) in [6.45, 7) is 1.86. The van der Waals surface area contributed by atoms with Crippen LogP contribution in [0.4, 0.5) is 0 Å². The van der Waals surface area contributed by atoms with E-state index in [-0.39, 0.29) is 97.8 Å². The molecule has 0 aliphatic rings. The van der Waals surface area contributed by atoms with Crippen molar-refractivity contribution in [3.05, 3.63) is 23.8 Å². The zero-order valence-electron chi connectivity index (χ0n) is 12.5. The van der Waals surface area contributed by atoms with Gasteiger partial charge in [0.1, 0.15) is 0 Å². The average molecular weight is 276 g/mol. The van der Waals surface area contributed by atoms with E-state index in [2.05, 4.69) is 9.24 Å². The first-order valence-electron chi connectivity index (χ1n) is 3.25. The molecule has 0 saturated carbocycles. The van der Waals surface area contributed by atoms with Crippen molar-refractivity contribution in [1.29, 1.82) is 0 Å². The number of aryl methyl sites for hydroxylation is 1. The summed E-state index contributed by atoms with van der Waals surface area (Å²) in [5.74, 6) is 0. The smallest absolute Gasteiger partial charge is 1.00 e. The van der Waals surface area contributed by atoms with Gasteiger partial charge in [-0.1, -0.05) is 6.07 Å². The zero-order chi connectivity index (χ0) is 9.35. The third-order valence-corrected chi connectivity index (χ3v) is 3.02. The Balaban J connectivity index is -0.0000000600. The van der Waals surface area contributed by atoms with Crippen molar-refractivity contribution < 1.29 is 106 Å². The van der Waals surface area contributed by atoms with E-state index in [0.29, 0.717) is 0 Å². The Morgan fingerprint density at radius 2 is 1.73 bits per heavy atom. The van der Waals surface area contributed by atoms with Crippen molar-refractivity contribution >= 4 is 24.7 Å². The fourth-order valence-electron chi connectivity index (χ4n) is 0.779. The summed E-state index contributed by atoms with van der Waals surface area (Å²) in [4.78, 5) is -0.0712. The van der Waals surface area contributed by atoms with E-state index < -0.39 is 10.1 Å². The van der Waals surface area contributed by atoms with Gasteiger partial charge >= 0.3 is 88.7 Å². The van der Waals surface area contributed by atoms with Gasteiger partial charge in [0.15, 0.2) is 0 Å². The second-order valence-corrected chi connectivity index (χ2v) is 4.54. The number of hydrogen-bond donors (Lipinski definition) is 1. The molecule has 0 amide bonds. The topological polar surface area (TPSA) is 54.4 Å². The van der Waals surface area contributed by atoms with Crippen molar-refractivity contribution in [1.82, 2.24) is 0 Å². The van der Waals surface area contributed by atoms with E-state index in [4.69, 9.17) is 4.55 Å². The van der Waals surface area contributed by atoms with Gasteiger partial charge in [-0.3, -0.25) is 4.55 Å². The minimum atomic E-state index is -4.06. The van der Waals surface area contributed by atoms with Gasteiger partial charge in [0.2, 0.25) is 0 Å². The van der Waals surface area contributed by atoms with Gasteiger partial charge in [0.05, 0.1) is 4.90 Å². The molecular weight excluding hydrogens is 264 g/mol. The SMILES string of the molecule is Cc1ccc(S(=O)(=O)O)cc1P.[H-].[H-].[H-].[Na+].[Na+].[Na+]. The summed E-state index contributed by atoms with van der Waals surface area (Å²) >= 11 is 0. The predicted molar refractivity (Wildman–Crippen MR) is 53.7 cm³/mol. The molecule has 0 aliphatic heterocycles. The second-order valence-electron chi connectivity index (χ2n) is 2.49. The van der Waals surface area contributed by atoms with E-state index in [9.17, 15) is 8.42 Å². The third kappa shape index (κ3) is 7.55. The van der Waals surface area contributed by atoms with Crippen LogP contribution in [-0.2, 0) is 10.1 Å². The largest absolute Gasteiger partial charge is 1.00 e. The van der Waals surface area contributed by atoms with Gasteiger partial charge < -0.3 is 4.28 Å². The van der Waals surface area contributed by atoms with E-state index in [0.717, 1.165) is 10.9 Å². The van der Waals surface area contributed by atoms with Crippen LogP contribution in [0, 0.1) is 6.92 Å². The summed E-state index contributed by atoms with van der Waals surface area (Å²) in [5.41, 5.74) is 0.965. The first kappa shape index (κ1) is 22.7. The van der Waals surface area contributed by atoms with Gasteiger partial charge in [-0.15, -0.1) is 9.24 Å². The van der Waals surface area contributed by atoms with Crippen LogP contribution in [0.5, 0.6) is 0 Å². The molecule has 3 nitrogen and oxygen atoms in total. The number of rotatable bonds is 1. The number of benzene rings is 1. The molecule has 72 valence electrons. The molecule has 0 bridgehead atoms. The van der Waals surface area contributed by atoms with E-state index >= 15 is 0 Å². The van der Waals surface area contributed by atoms with Crippen LogP contribution in [0.15, 0.2) is 23.1 Å². The third-order valence-electron chi connectivity index (χ3n) is 1.55. The molecule has 0 fully saturated rings. The molecular formula is C7H12Na3O3PS. The molecule has 0 heterocycles. The quantitative estimate of drug-likeness (QED) is 0.315. The van der Waals surface area contributed by atoms with Gasteiger partial charge in [-0.25, -0.2) is 0 Å². The summed E-state index contributed by atoms with van der Waals surface area (Å²) < 4.78 is 30.0. The van der Waals surface area contributed by atoms with Gasteiger partial charge in [-0.05, 0) is 29.9 Å². The first-order chi connectivity index (χ1) is 5.41. The Bertz CT molecular complexity index is 420. The van der Waals surface area contributed by atoms with Crippen molar-refractivity contribution in [2.45, 2.75) is 11.8 Å². The maximum absolute atomic E-state index is 10.6. The van der Waals surface area contributed by atoms with Crippen LogP contribution >= 0.6 is 9.24 Å². The minimum Gasteiger partial charge on any atom is -1.00 e. The van der Waals surface area contributed by atoms with Crippen LogP contribution in [0.1, 0.15) is 9.84 Å². The molecule has 1 aromatic rings. The van der Waals surface area contributed by atoms with Crippen LogP contribution < -0.4 is 94.0 Å². The van der Waals surface area contributed by atoms with Crippen LogP contribution in [-0.4, -0.2) is 13.0 Å². The van der Waals surface area contributed by atoms with E-state index in [1.165, 1.54) is 12.1 Å². The molecule has 1 rings (SSSR count). The fourth-order valence-corrected chi connectivity index (χ4v) is 1.69. The molecule has 0 spiro atoms. The monoisotopic (exact) mass is 276 g/mol. The predicted octanol–water partition coefficient (Wildman–Crippen LogP) is -7.91. The van der Waals surface area contributed by atoms with Gasteiger partial charge in [-0.2, -0.15) is 8.42 Å². The number of hydrogen-bond acceptors (Lipinski definition) is 2. The van der Waals surface area contributed by atoms with Crippen LogP contribution in [0.3, 0.4) is 0 Å². The molecule has 0 aromatic heterocycles. The fraction of sp³-hybridized carbons (Fsp3) is 0.143. The molecule has 0 aliphatic carbocycles. The summed E-state index contributed by atoms with van der Waals surface area (Å²) in [6, 6.07) is 4.43. The van der Waals surface area contributed by atoms with Crippen molar-refractivity contribution in [3.8, 4) is 0 Å². The molecule has 0 radical (unpaired) electrons. The minimum absolute atomic E-state index is 0. The molecule has 1 unspecified atom stereocenters. The standard InChI is InChI=1S/C7H9O3PS.3Na.3H/c1-5-2-3-6(4-7(5)11)12(8,9)10;;;;;;/h2-4H,11H2,1H3,(H,8,9,10);;;;;;/q;3*+1;3*-1. The Labute approximate surface area is 163 Å². The maximum atomic E-state index is 10.6. The molecule has 1 N–H and O–H groups in total. The Kier molecular flexibility index (Phi) is 14.4. The molecule has 15 heavy (non-hydrogen) atoms. The average Bonchev–Trinajstić information content (AvgIpc) is 1.92. The van der Waals surface area contributed by atoms with E-state index in [1.54, 1.807) is 6.07 Å². The maximum Gasteiger partial charge on any atom is 1.00 e. The zero-order valence-corrected chi connectivity index (χ0v) is 17.5. The summed E-state index contributed by atoms with van der Waals surface area (Å²) in [7, 11) is -1.65. The second kappa shape index (κ2) is 9.48. The molecule has 0 saturated heterocycles. The van der Waals surface area contributed by atoms with Crippen molar-refractivity contribution in [3.63, 3.8) is 0 Å². The van der Waals surface area contributed by atoms with Crippen LogP contribution in [0.25, 0.3) is 0 Å². The first-order valence-corrected chi connectivity index (χ1v) is 5.26. The van der Waals surface area contributed by atoms with E-state index in [1.807, 2.05) is 6.92 Å². The van der Waals surface area contributed by atoms with Gasteiger partial charge in [0.25, 0.3) is 10.1 Å². The van der Waals surface area contributed by atoms with Crippen molar-refractivity contribution in [2.75, 3.05) is 0 Å². The Morgan fingerprint density at radius 3 is 2.07 bits per heavy atom. The van der Waals surface area contributed by atoms with Crippen molar-refractivity contribution in [2.24, 2.45) is 0 Å². The van der Waals surface area contributed by atoms with Crippen LogP contribution in [0.2, 0.25) is 0 Å². The normalized spacial score (nSPS) is 9.27. The summed E-state index contributed by atoms with van der Waals surface area (Å²) in [5, 5.41) is 0.769. The molecule has 1 aromatic carbocycles. The van der Waals surface area contributed by atoms with Gasteiger partial charge in [0, 0.05) is 0 Å². The molecule has 8 heteroatoms. The molecule has 1 atom stereocenters. The summed E-state index contributed by atoms with van der Waals surface area (Å²) in [6.07, 6.45) is 0. The Hall–Kier alpha value is 2.56.